The Morgan fingerprint density at radius 1 is 1.03 bits per heavy atom. The number of halogens is 1. The largest absolute Gasteiger partial charge is 0.489 e. The van der Waals surface area contributed by atoms with Gasteiger partial charge in [-0.05, 0) is 41.3 Å². The van der Waals surface area contributed by atoms with Gasteiger partial charge in [0, 0.05) is 55.4 Å². The van der Waals surface area contributed by atoms with Gasteiger partial charge in [-0.25, -0.2) is 0 Å². The van der Waals surface area contributed by atoms with Crippen LogP contribution in [0.1, 0.15) is 20.8 Å². The van der Waals surface area contributed by atoms with Gasteiger partial charge in [-0.3, -0.25) is 19.8 Å². The third kappa shape index (κ3) is 5.64. The molecule has 166 valence electrons. The minimum Gasteiger partial charge on any atom is -0.489 e. The van der Waals surface area contributed by atoms with E-state index in [9.17, 15) is 14.9 Å². The van der Waals surface area contributed by atoms with Crippen molar-refractivity contribution in [1.82, 2.24) is 9.80 Å². The van der Waals surface area contributed by atoms with Gasteiger partial charge >= 0.3 is 0 Å². The Morgan fingerprint density at radius 2 is 1.72 bits per heavy atom. The second-order valence-electron chi connectivity index (χ2n) is 7.55. The summed E-state index contributed by atoms with van der Waals surface area (Å²) in [6.07, 6.45) is 0. The predicted molar refractivity (Wildman–Crippen MR) is 124 cm³/mol. The maximum atomic E-state index is 12.9. The summed E-state index contributed by atoms with van der Waals surface area (Å²) in [6, 6.07) is 15.7. The number of nitrogens with zero attached hydrogens (tertiary/aromatic N) is 3. The summed E-state index contributed by atoms with van der Waals surface area (Å²) in [7, 11) is 0. The molecule has 9 heteroatoms. The van der Waals surface area contributed by atoms with E-state index < -0.39 is 4.92 Å². The number of nitro benzene ring substituents is 1. The van der Waals surface area contributed by atoms with E-state index in [2.05, 4.69) is 4.90 Å². The van der Waals surface area contributed by atoms with Crippen LogP contribution in [0.5, 0.6) is 5.75 Å². The molecule has 1 fully saturated rings. The Bertz CT molecular complexity index is 1080. The monoisotopic (exact) mass is 471 g/mol. The van der Waals surface area contributed by atoms with Crippen molar-refractivity contribution in [2.24, 2.45) is 0 Å². The lowest BCUT2D eigenvalue weighted by atomic mass is 10.2. The molecule has 7 nitrogen and oxygen atoms in total. The van der Waals surface area contributed by atoms with Crippen LogP contribution in [0.15, 0.2) is 60.0 Å². The topological polar surface area (TPSA) is 75.9 Å². The van der Waals surface area contributed by atoms with Gasteiger partial charge in [0.25, 0.3) is 11.6 Å². The van der Waals surface area contributed by atoms with E-state index in [0.717, 1.165) is 30.2 Å². The number of piperazine rings is 1. The SMILES string of the molecule is O=C(c1cc(COc2ccc([N+](=O)[O-])cc2)cs1)N1CCN(Cc2ccc(Cl)cc2)CC1. The van der Waals surface area contributed by atoms with Crippen LogP contribution in [-0.4, -0.2) is 46.8 Å². The summed E-state index contributed by atoms with van der Waals surface area (Å²) in [5.74, 6) is 0.592. The number of amides is 1. The number of hydrogen-bond acceptors (Lipinski definition) is 6. The van der Waals surface area contributed by atoms with Gasteiger partial charge in [0.1, 0.15) is 12.4 Å². The van der Waals surface area contributed by atoms with E-state index in [1.54, 1.807) is 12.1 Å². The second kappa shape index (κ2) is 10.1. The lowest BCUT2D eigenvalue weighted by Gasteiger charge is -2.34. The number of non-ortho nitro benzene ring substituents is 1. The van der Waals surface area contributed by atoms with Gasteiger partial charge in [0.05, 0.1) is 9.80 Å². The van der Waals surface area contributed by atoms with Crippen LogP contribution in [0.2, 0.25) is 5.02 Å². The highest BCUT2D eigenvalue weighted by atomic mass is 35.5. The summed E-state index contributed by atoms with van der Waals surface area (Å²) < 4.78 is 5.69. The van der Waals surface area contributed by atoms with E-state index in [-0.39, 0.29) is 11.6 Å². The van der Waals surface area contributed by atoms with Crippen molar-refractivity contribution in [3.63, 3.8) is 0 Å². The molecule has 1 aromatic heterocycles. The van der Waals surface area contributed by atoms with Gasteiger partial charge in [-0.15, -0.1) is 11.3 Å². The van der Waals surface area contributed by atoms with Gasteiger partial charge in [0.15, 0.2) is 0 Å². The molecule has 32 heavy (non-hydrogen) atoms. The first-order valence-corrected chi connectivity index (χ1v) is 11.4. The average Bonchev–Trinajstić information content (AvgIpc) is 3.29. The van der Waals surface area contributed by atoms with Crippen LogP contribution in [-0.2, 0) is 13.2 Å². The fourth-order valence-corrected chi connectivity index (χ4v) is 4.50. The Kier molecular flexibility index (Phi) is 7.04. The van der Waals surface area contributed by atoms with Crippen molar-refractivity contribution < 1.29 is 14.5 Å². The maximum absolute atomic E-state index is 12.9. The van der Waals surface area contributed by atoms with Crippen LogP contribution in [0.4, 0.5) is 5.69 Å². The zero-order valence-electron chi connectivity index (χ0n) is 17.3. The smallest absolute Gasteiger partial charge is 0.269 e. The quantitative estimate of drug-likeness (QED) is 0.364. The lowest BCUT2D eigenvalue weighted by molar-refractivity contribution is -0.384. The zero-order valence-corrected chi connectivity index (χ0v) is 18.8. The van der Waals surface area contributed by atoms with Gasteiger partial charge in [0.2, 0.25) is 0 Å². The molecule has 0 spiro atoms. The molecular formula is C23H22ClN3O4S. The first kappa shape index (κ1) is 22.3. The molecule has 1 saturated heterocycles. The first-order chi connectivity index (χ1) is 15.5. The number of rotatable bonds is 7. The average molecular weight is 472 g/mol. The third-order valence-electron chi connectivity index (χ3n) is 5.30. The molecule has 0 N–H and O–H groups in total. The molecule has 1 amide bonds. The van der Waals surface area contributed by atoms with Crippen LogP contribution < -0.4 is 4.74 Å². The number of hydrogen-bond donors (Lipinski definition) is 0. The van der Waals surface area contributed by atoms with Crippen molar-refractivity contribution in [2.75, 3.05) is 26.2 Å². The van der Waals surface area contributed by atoms with Gasteiger partial charge in [-0.2, -0.15) is 0 Å². The molecule has 4 rings (SSSR count). The molecule has 3 aromatic rings. The number of benzene rings is 2. The normalized spacial score (nSPS) is 14.3. The van der Waals surface area contributed by atoms with E-state index in [1.165, 1.54) is 29.0 Å². The molecule has 0 radical (unpaired) electrons. The molecular weight excluding hydrogens is 450 g/mol. The minimum absolute atomic E-state index is 0.0222. The zero-order chi connectivity index (χ0) is 22.5. The van der Waals surface area contributed by atoms with Crippen molar-refractivity contribution in [3.05, 3.63) is 91.1 Å². The number of carbonyl (C=O) groups excluding carboxylic acids is 1. The Morgan fingerprint density at radius 3 is 2.38 bits per heavy atom. The lowest BCUT2D eigenvalue weighted by Crippen LogP contribution is -2.48. The highest BCUT2D eigenvalue weighted by Crippen LogP contribution is 2.22. The molecule has 0 bridgehead atoms. The third-order valence-corrected chi connectivity index (χ3v) is 6.52. The molecule has 0 unspecified atom stereocenters. The molecule has 0 aliphatic carbocycles. The Labute approximate surface area is 194 Å². The second-order valence-corrected chi connectivity index (χ2v) is 8.90. The highest BCUT2D eigenvalue weighted by molar-refractivity contribution is 7.12. The number of thiophene rings is 1. The van der Waals surface area contributed by atoms with Crippen LogP contribution in [0, 0.1) is 10.1 Å². The fraction of sp³-hybridized carbons (Fsp3) is 0.261. The van der Waals surface area contributed by atoms with E-state index in [0.29, 0.717) is 30.3 Å². The van der Waals surface area contributed by atoms with E-state index in [1.807, 2.05) is 40.6 Å². The summed E-state index contributed by atoms with van der Waals surface area (Å²) >= 11 is 7.36. The Balaban J connectivity index is 1.26. The molecule has 1 aliphatic rings. The minimum atomic E-state index is -0.446. The van der Waals surface area contributed by atoms with Crippen molar-refractivity contribution in [2.45, 2.75) is 13.2 Å². The summed E-state index contributed by atoms with van der Waals surface area (Å²) in [5, 5.41) is 13.4. The Hall–Kier alpha value is -2.94. The number of ether oxygens (including phenoxy) is 1. The van der Waals surface area contributed by atoms with Crippen molar-refractivity contribution >= 4 is 34.5 Å². The number of nitro groups is 1. The molecule has 0 atom stereocenters. The molecule has 2 heterocycles. The van der Waals surface area contributed by atoms with Crippen LogP contribution >= 0.6 is 22.9 Å². The fourth-order valence-electron chi connectivity index (χ4n) is 3.51. The van der Waals surface area contributed by atoms with Crippen LogP contribution in [0.3, 0.4) is 0 Å². The van der Waals surface area contributed by atoms with Gasteiger partial charge in [-0.1, -0.05) is 23.7 Å². The van der Waals surface area contributed by atoms with Gasteiger partial charge < -0.3 is 9.64 Å². The first-order valence-electron chi connectivity index (χ1n) is 10.2. The molecule has 0 saturated carbocycles. The summed E-state index contributed by atoms with van der Waals surface area (Å²) in [4.78, 5) is 28.1. The molecule has 1 aliphatic heterocycles. The van der Waals surface area contributed by atoms with E-state index in [4.69, 9.17) is 16.3 Å². The summed E-state index contributed by atoms with van der Waals surface area (Å²) in [6.45, 7) is 4.20. The van der Waals surface area contributed by atoms with Crippen molar-refractivity contribution in [1.29, 1.82) is 0 Å². The molecule has 2 aromatic carbocycles. The van der Waals surface area contributed by atoms with Crippen molar-refractivity contribution in [3.8, 4) is 5.75 Å². The highest BCUT2D eigenvalue weighted by Gasteiger charge is 2.23. The maximum Gasteiger partial charge on any atom is 0.269 e. The summed E-state index contributed by atoms with van der Waals surface area (Å²) in [5.41, 5.74) is 2.14. The predicted octanol–water partition coefficient (Wildman–Crippen LogP) is 4.85. The standard InChI is InChI=1S/C23H22ClN3O4S/c24-19-3-1-17(2-4-19)14-25-9-11-26(12-10-25)23(28)22-13-18(16-32-22)15-31-21-7-5-20(6-8-21)27(29)30/h1-8,13,16H,9-12,14-15H2. The van der Waals surface area contributed by atoms with Crippen LogP contribution in [0.25, 0.3) is 0 Å². The van der Waals surface area contributed by atoms with E-state index >= 15 is 0 Å². The number of carbonyl (C=O) groups is 1.